The average Bonchev–Trinajstić information content (AvgIpc) is 3.36. The summed E-state index contributed by atoms with van der Waals surface area (Å²) in [6.45, 7) is 4.95. The van der Waals surface area contributed by atoms with E-state index < -0.39 is 6.04 Å². The maximum Gasteiger partial charge on any atom is 0.252 e. The number of nitrogens with zero attached hydrogens (tertiary/aromatic N) is 1. The van der Waals surface area contributed by atoms with E-state index in [0.29, 0.717) is 17.3 Å². The Bertz CT molecular complexity index is 1350. The fraction of sp³-hybridized carbons (Fsp3) is 0.556. The first kappa shape index (κ1) is 26.8. The second-order valence-corrected chi connectivity index (χ2v) is 13.9. The number of fused-ring (bicyclic) bond motifs is 5. The molecule has 5 nitrogen and oxygen atoms in total. The second-order valence-electron chi connectivity index (χ2n) is 13.9. The molecule has 5 aliphatic rings. The summed E-state index contributed by atoms with van der Waals surface area (Å²) in [6, 6.07) is 16.8. The number of allylic oxidation sites excluding steroid dienone is 1. The Balaban J connectivity index is 1.11. The summed E-state index contributed by atoms with van der Waals surface area (Å²) in [5, 5.41) is 3.24. The predicted molar refractivity (Wildman–Crippen MR) is 161 cm³/mol. The molecule has 1 saturated heterocycles. The lowest BCUT2D eigenvalue weighted by atomic mass is 9.45. The molecule has 2 amide bonds. The van der Waals surface area contributed by atoms with Gasteiger partial charge in [0.1, 0.15) is 11.8 Å². The van der Waals surface area contributed by atoms with Gasteiger partial charge in [-0.1, -0.05) is 63.1 Å². The molecule has 2 aromatic rings. The predicted octanol–water partition coefficient (Wildman–Crippen LogP) is 7.24. The minimum atomic E-state index is -0.580. The fourth-order valence-electron chi connectivity index (χ4n) is 10.1. The van der Waals surface area contributed by atoms with Gasteiger partial charge < -0.3 is 15.0 Å². The number of benzene rings is 2. The fourth-order valence-corrected chi connectivity index (χ4v) is 10.1. The van der Waals surface area contributed by atoms with Crippen molar-refractivity contribution in [2.45, 2.75) is 83.7 Å². The number of β-lactam (4-membered cyclic amide) rings is 1. The molecule has 7 rings (SSSR count). The van der Waals surface area contributed by atoms with Crippen LogP contribution in [0.25, 0.3) is 0 Å². The second kappa shape index (κ2) is 10.0. The Morgan fingerprint density at radius 3 is 2.46 bits per heavy atom. The van der Waals surface area contributed by atoms with Gasteiger partial charge in [0, 0.05) is 16.7 Å². The summed E-state index contributed by atoms with van der Waals surface area (Å²) in [4.78, 5) is 29.5. The number of ether oxygens (including phenoxy) is 1. The number of rotatable bonds is 5. The van der Waals surface area contributed by atoms with Crippen molar-refractivity contribution in [3.63, 3.8) is 0 Å². The van der Waals surface area contributed by atoms with Crippen LogP contribution in [0.2, 0.25) is 0 Å². The molecule has 41 heavy (non-hydrogen) atoms. The van der Waals surface area contributed by atoms with Gasteiger partial charge in [-0.2, -0.15) is 0 Å². The van der Waals surface area contributed by atoms with Crippen molar-refractivity contribution < 1.29 is 14.3 Å². The number of amides is 2. The van der Waals surface area contributed by atoms with Crippen LogP contribution >= 0.6 is 0 Å². The van der Waals surface area contributed by atoms with Crippen LogP contribution in [0.4, 0.5) is 5.69 Å². The molecule has 5 heteroatoms. The largest absolute Gasteiger partial charge is 0.497 e. The number of carbonyl (C=O) groups is 2. The van der Waals surface area contributed by atoms with E-state index in [1.54, 1.807) is 7.11 Å². The standard InChI is InChI=1S/C36H44N2O3/c1-35-21-8-7-11-24(35)12-17-27-28-18-19-30(36(28,2)22-20-29(27)35)33(39)37-31-32(23-9-5-4-6-10-23)38(34(31)40)25-13-15-26(41-3)16-14-25/h4-6,9-10,13-16,19,24,27-29,31-32H,7-8,11-12,17-18,20-22H2,1-3H3,(H,37,39)/t24?,27-,28-,29-,31+,32+,35-,36-/m0/s1. The zero-order valence-corrected chi connectivity index (χ0v) is 24.8. The molecule has 0 spiro atoms. The van der Waals surface area contributed by atoms with Crippen molar-refractivity contribution in [3.05, 3.63) is 71.8 Å². The quantitative estimate of drug-likeness (QED) is 0.398. The first-order valence-corrected chi connectivity index (χ1v) is 15.9. The summed E-state index contributed by atoms with van der Waals surface area (Å²) >= 11 is 0. The van der Waals surface area contributed by atoms with Gasteiger partial charge in [-0.25, -0.2) is 0 Å². The third kappa shape index (κ3) is 4.09. The number of hydrogen-bond acceptors (Lipinski definition) is 3. The topological polar surface area (TPSA) is 58.6 Å². The van der Waals surface area contributed by atoms with Crippen LogP contribution in [0, 0.1) is 34.5 Å². The van der Waals surface area contributed by atoms with Gasteiger partial charge >= 0.3 is 0 Å². The molecule has 1 aliphatic heterocycles. The molecule has 1 heterocycles. The van der Waals surface area contributed by atoms with Gasteiger partial charge in [-0.3, -0.25) is 9.59 Å². The highest BCUT2D eigenvalue weighted by atomic mass is 16.5. The Labute approximate surface area is 244 Å². The number of anilines is 1. The maximum absolute atomic E-state index is 14.0. The van der Waals surface area contributed by atoms with Crippen molar-refractivity contribution in [1.82, 2.24) is 5.32 Å². The zero-order chi connectivity index (χ0) is 28.4. The molecule has 1 N–H and O–H groups in total. The lowest BCUT2D eigenvalue weighted by Crippen LogP contribution is -2.66. The molecule has 0 radical (unpaired) electrons. The normalized spacial score (nSPS) is 37.7. The highest BCUT2D eigenvalue weighted by Gasteiger charge is 2.59. The Morgan fingerprint density at radius 2 is 1.71 bits per heavy atom. The molecule has 3 saturated carbocycles. The molecular formula is C36H44N2O3. The zero-order valence-electron chi connectivity index (χ0n) is 24.8. The van der Waals surface area contributed by atoms with E-state index in [1.165, 1.54) is 44.9 Å². The molecule has 0 bridgehead atoms. The smallest absolute Gasteiger partial charge is 0.252 e. The highest BCUT2D eigenvalue weighted by molar-refractivity contribution is 6.09. The summed E-state index contributed by atoms with van der Waals surface area (Å²) < 4.78 is 5.32. The van der Waals surface area contributed by atoms with Gasteiger partial charge in [-0.15, -0.1) is 0 Å². The van der Waals surface area contributed by atoms with Crippen LogP contribution < -0.4 is 15.0 Å². The van der Waals surface area contributed by atoms with Crippen LogP contribution in [0.1, 0.15) is 83.2 Å². The van der Waals surface area contributed by atoms with E-state index in [9.17, 15) is 9.59 Å². The molecule has 1 unspecified atom stereocenters. The Hall–Kier alpha value is -3.08. The minimum absolute atomic E-state index is 0.0420. The maximum atomic E-state index is 14.0. The SMILES string of the molecule is COc1ccc(N2C(=O)[C@H](NC(=O)C3=CC[C@H]4[C@@H]5CCC6CCCC[C@]6(C)[C@H]5CC[C@]34C)[C@H]2c2ccccc2)cc1. The van der Waals surface area contributed by atoms with Gasteiger partial charge in [-0.05, 0) is 104 Å². The van der Waals surface area contributed by atoms with E-state index >= 15 is 0 Å². The van der Waals surface area contributed by atoms with E-state index in [1.807, 2.05) is 59.5 Å². The van der Waals surface area contributed by atoms with Crippen molar-refractivity contribution >= 4 is 17.5 Å². The van der Waals surface area contributed by atoms with Gasteiger partial charge in [0.2, 0.25) is 5.91 Å². The lowest BCUT2D eigenvalue weighted by molar-refractivity contribution is -0.133. The molecule has 0 aromatic heterocycles. The van der Waals surface area contributed by atoms with Crippen molar-refractivity contribution in [3.8, 4) is 5.75 Å². The van der Waals surface area contributed by atoms with Crippen molar-refractivity contribution in [1.29, 1.82) is 0 Å². The average molecular weight is 553 g/mol. The monoisotopic (exact) mass is 552 g/mol. The van der Waals surface area contributed by atoms with E-state index in [0.717, 1.165) is 47.3 Å². The molecule has 4 aliphatic carbocycles. The van der Waals surface area contributed by atoms with Gasteiger partial charge in [0.05, 0.1) is 13.2 Å². The van der Waals surface area contributed by atoms with Crippen LogP contribution in [-0.2, 0) is 9.59 Å². The van der Waals surface area contributed by atoms with E-state index in [2.05, 4.69) is 25.2 Å². The lowest BCUT2D eigenvalue weighted by Gasteiger charge is -2.60. The van der Waals surface area contributed by atoms with E-state index in [4.69, 9.17) is 4.74 Å². The van der Waals surface area contributed by atoms with Crippen molar-refractivity contribution in [2.75, 3.05) is 12.0 Å². The summed E-state index contributed by atoms with van der Waals surface area (Å²) in [5.74, 6) is 3.59. The van der Waals surface area contributed by atoms with Crippen LogP contribution in [0.5, 0.6) is 5.75 Å². The molecule has 8 atom stereocenters. The van der Waals surface area contributed by atoms with Crippen LogP contribution in [-0.4, -0.2) is 25.0 Å². The molecule has 2 aromatic carbocycles. The van der Waals surface area contributed by atoms with E-state index in [-0.39, 0.29) is 23.3 Å². The third-order valence-corrected chi connectivity index (χ3v) is 12.3. The molecule has 216 valence electrons. The van der Waals surface area contributed by atoms with Crippen LogP contribution in [0.3, 0.4) is 0 Å². The number of nitrogens with one attached hydrogen (secondary N) is 1. The first-order chi connectivity index (χ1) is 19.8. The third-order valence-electron chi connectivity index (χ3n) is 12.3. The van der Waals surface area contributed by atoms with Gasteiger partial charge in [0.15, 0.2) is 0 Å². The Kier molecular flexibility index (Phi) is 6.55. The highest BCUT2D eigenvalue weighted by Crippen LogP contribution is 2.66. The molecule has 4 fully saturated rings. The number of hydrogen-bond donors (Lipinski definition) is 1. The van der Waals surface area contributed by atoms with Crippen molar-refractivity contribution in [2.24, 2.45) is 34.5 Å². The van der Waals surface area contributed by atoms with Crippen LogP contribution in [0.15, 0.2) is 66.2 Å². The summed E-state index contributed by atoms with van der Waals surface area (Å²) in [6.07, 6.45) is 13.8. The summed E-state index contributed by atoms with van der Waals surface area (Å²) in [7, 11) is 1.64. The van der Waals surface area contributed by atoms with Gasteiger partial charge in [0.25, 0.3) is 5.91 Å². The Morgan fingerprint density at radius 1 is 0.927 bits per heavy atom. The summed E-state index contributed by atoms with van der Waals surface area (Å²) in [5.41, 5.74) is 3.15. The first-order valence-electron chi connectivity index (χ1n) is 15.9. The minimum Gasteiger partial charge on any atom is -0.497 e. The molecular weight excluding hydrogens is 508 g/mol. The number of methoxy groups -OCH3 is 1. The number of carbonyl (C=O) groups excluding carboxylic acids is 2.